The van der Waals surface area contributed by atoms with E-state index in [9.17, 15) is 10.2 Å². The van der Waals surface area contributed by atoms with Gasteiger partial charge in [-0.05, 0) is 18.2 Å². The van der Waals surface area contributed by atoms with Crippen molar-refractivity contribution >= 4 is 0 Å². The highest BCUT2D eigenvalue weighted by Gasteiger charge is 2.33. The zero-order valence-corrected chi connectivity index (χ0v) is 8.10. The Morgan fingerprint density at radius 1 is 1.27 bits per heavy atom. The minimum atomic E-state index is -1.43. The van der Waals surface area contributed by atoms with Crippen LogP contribution in [0, 0.1) is 0 Å². The van der Waals surface area contributed by atoms with E-state index in [0.29, 0.717) is 18.7 Å². The van der Waals surface area contributed by atoms with Gasteiger partial charge < -0.3 is 25.4 Å². The highest BCUT2D eigenvalue weighted by Crippen LogP contribution is 2.31. The highest BCUT2D eigenvalue weighted by molar-refractivity contribution is 5.42. The number of hydrogen-bond acceptors (Lipinski definition) is 5. The number of benzene rings is 1. The number of nitrogens with one attached hydrogen (secondary N) is 1. The molecule has 5 heteroatoms. The van der Waals surface area contributed by atoms with E-state index in [1.165, 1.54) is 18.2 Å². The van der Waals surface area contributed by atoms with Gasteiger partial charge >= 0.3 is 0 Å². The maximum atomic E-state index is 10.1. The van der Waals surface area contributed by atoms with Gasteiger partial charge in [0.1, 0.15) is 0 Å². The standard InChI is InChI=1S/C10H13NO4/c12-8-2-1-7(5-9(8)13)10(14)6-11-3-4-15-10/h1-2,5,11-14H,3-4,6H2. The quantitative estimate of drug-likeness (QED) is 0.486. The van der Waals surface area contributed by atoms with Crippen LogP contribution in [-0.2, 0) is 10.5 Å². The van der Waals surface area contributed by atoms with Crippen LogP contribution < -0.4 is 5.32 Å². The van der Waals surface area contributed by atoms with Gasteiger partial charge in [-0.1, -0.05) is 0 Å². The molecule has 2 rings (SSSR count). The number of ether oxygens (including phenoxy) is 1. The Bertz CT molecular complexity index is 360. The summed E-state index contributed by atoms with van der Waals surface area (Å²) in [5.74, 6) is -1.91. The molecule has 15 heavy (non-hydrogen) atoms. The van der Waals surface area contributed by atoms with E-state index in [4.69, 9.17) is 9.84 Å². The van der Waals surface area contributed by atoms with Gasteiger partial charge in [0.2, 0.25) is 5.79 Å². The van der Waals surface area contributed by atoms with Gasteiger partial charge in [0.05, 0.1) is 13.2 Å². The molecule has 0 spiro atoms. The topological polar surface area (TPSA) is 82.0 Å². The van der Waals surface area contributed by atoms with Crippen molar-refractivity contribution in [2.75, 3.05) is 19.7 Å². The van der Waals surface area contributed by atoms with Crippen LogP contribution in [0.5, 0.6) is 11.5 Å². The van der Waals surface area contributed by atoms with Crippen LogP contribution in [0.2, 0.25) is 0 Å². The monoisotopic (exact) mass is 211 g/mol. The van der Waals surface area contributed by atoms with Crippen molar-refractivity contribution in [3.05, 3.63) is 23.8 Å². The van der Waals surface area contributed by atoms with Gasteiger partial charge in [-0.15, -0.1) is 0 Å². The molecule has 0 amide bonds. The van der Waals surface area contributed by atoms with Crippen molar-refractivity contribution in [2.24, 2.45) is 0 Å². The lowest BCUT2D eigenvalue weighted by atomic mass is 10.0. The lowest BCUT2D eigenvalue weighted by molar-refractivity contribution is -0.222. The minimum absolute atomic E-state index is 0.217. The molecule has 1 aromatic rings. The molecule has 1 aliphatic rings. The Labute approximate surface area is 86.9 Å². The maximum absolute atomic E-state index is 10.1. The van der Waals surface area contributed by atoms with E-state index < -0.39 is 5.79 Å². The summed E-state index contributed by atoms with van der Waals surface area (Å²) < 4.78 is 5.25. The number of aromatic hydroxyl groups is 2. The first-order valence-electron chi connectivity index (χ1n) is 4.71. The molecule has 0 radical (unpaired) electrons. The Kier molecular flexibility index (Phi) is 2.52. The van der Waals surface area contributed by atoms with Crippen LogP contribution in [0.1, 0.15) is 5.56 Å². The molecule has 82 valence electrons. The smallest absolute Gasteiger partial charge is 0.205 e. The van der Waals surface area contributed by atoms with Gasteiger partial charge in [-0.3, -0.25) is 0 Å². The zero-order valence-electron chi connectivity index (χ0n) is 8.10. The fraction of sp³-hybridized carbons (Fsp3) is 0.400. The second-order valence-electron chi connectivity index (χ2n) is 3.51. The van der Waals surface area contributed by atoms with Gasteiger partial charge in [0.15, 0.2) is 11.5 Å². The van der Waals surface area contributed by atoms with Gasteiger partial charge in [0.25, 0.3) is 0 Å². The first-order chi connectivity index (χ1) is 7.12. The number of aliphatic hydroxyl groups is 1. The second-order valence-corrected chi connectivity index (χ2v) is 3.51. The average Bonchev–Trinajstić information content (AvgIpc) is 2.23. The summed E-state index contributed by atoms with van der Waals surface area (Å²) in [6.07, 6.45) is 0. The van der Waals surface area contributed by atoms with Crippen LogP contribution in [0.4, 0.5) is 0 Å². The van der Waals surface area contributed by atoms with Crippen molar-refractivity contribution in [2.45, 2.75) is 5.79 Å². The Morgan fingerprint density at radius 2 is 2.07 bits per heavy atom. The zero-order chi connectivity index (χ0) is 10.9. The summed E-state index contributed by atoms with van der Waals surface area (Å²) in [4.78, 5) is 0. The number of rotatable bonds is 1. The Hall–Kier alpha value is -1.30. The van der Waals surface area contributed by atoms with Crippen molar-refractivity contribution in [3.8, 4) is 11.5 Å². The van der Waals surface area contributed by atoms with Crippen molar-refractivity contribution in [1.82, 2.24) is 5.32 Å². The molecule has 5 nitrogen and oxygen atoms in total. The molecule has 4 N–H and O–H groups in total. The first-order valence-corrected chi connectivity index (χ1v) is 4.71. The fourth-order valence-electron chi connectivity index (χ4n) is 1.55. The maximum Gasteiger partial charge on any atom is 0.205 e. The molecule has 1 unspecified atom stereocenters. The van der Waals surface area contributed by atoms with E-state index in [0.717, 1.165) is 0 Å². The summed E-state index contributed by atoms with van der Waals surface area (Å²) in [7, 11) is 0. The SMILES string of the molecule is Oc1ccc(C2(O)CNCCO2)cc1O. The number of β-amino-alcohol motifs (C(OH)–C–C–N with tert-alkyl or cyclic N) is 1. The molecule has 1 fully saturated rings. The normalized spacial score (nSPS) is 26.5. The third kappa shape index (κ3) is 1.90. The van der Waals surface area contributed by atoms with Crippen LogP contribution in [-0.4, -0.2) is 35.0 Å². The largest absolute Gasteiger partial charge is 0.504 e. The summed E-state index contributed by atoms with van der Waals surface area (Å²) in [5.41, 5.74) is 0.421. The third-order valence-corrected chi connectivity index (χ3v) is 2.41. The molecule has 0 bridgehead atoms. The number of phenolic OH excluding ortho intramolecular Hbond substituents is 2. The van der Waals surface area contributed by atoms with E-state index in [-0.39, 0.29) is 18.0 Å². The lowest BCUT2D eigenvalue weighted by Crippen LogP contribution is -2.47. The molecule has 1 heterocycles. The Morgan fingerprint density at radius 3 is 2.67 bits per heavy atom. The fourth-order valence-corrected chi connectivity index (χ4v) is 1.55. The number of hydrogen-bond donors (Lipinski definition) is 4. The van der Waals surface area contributed by atoms with Crippen molar-refractivity contribution < 1.29 is 20.1 Å². The molecular weight excluding hydrogens is 198 g/mol. The summed E-state index contributed by atoms with van der Waals surface area (Å²) >= 11 is 0. The van der Waals surface area contributed by atoms with Gasteiger partial charge in [0, 0.05) is 12.1 Å². The highest BCUT2D eigenvalue weighted by atomic mass is 16.6. The summed E-state index contributed by atoms with van der Waals surface area (Å²) in [6, 6.07) is 4.13. The minimum Gasteiger partial charge on any atom is -0.504 e. The first kappa shape index (κ1) is 10.2. The molecule has 0 aliphatic carbocycles. The molecule has 1 saturated heterocycles. The lowest BCUT2D eigenvalue weighted by Gasteiger charge is -2.33. The number of morpholine rings is 1. The third-order valence-electron chi connectivity index (χ3n) is 2.41. The molecule has 1 aromatic carbocycles. The van der Waals surface area contributed by atoms with E-state index in [2.05, 4.69) is 5.32 Å². The predicted octanol–water partition coefficient (Wildman–Crippen LogP) is -0.137. The van der Waals surface area contributed by atoms with Crippen LogP contribution in [0.15, 0.2) is 18.2 Å². The van der Waals surface area contributed by atoms with E-state index in [1.54, 1.807) is 0 Å². The molecule has 1 atom stereocenters. The predicted molar refractivity (Wildman–Crippen MR) is 52.5 cm³/mol. The number of phenols is 2. The summed E-state index contributed by atoms with van der Waals surface area (Å²) in [5, 5.41) is 31.5. The van der Waals surface area contributed by atoms with Crippen LogP contribution >= 0.6 is 0 Å². The molecule has 0 aromatic heterocycles. The van der Waals surface area contributed by atoms with E-state index in [1.807, 2.05) is 0 Å². The Balaban J connectivity index is 2.31. The molecule has 1 aliphatic heterocycles. The average molecular weight is 211 g/mol. The van der Waals surface area contributed by atoms with Crippen LogP contribution in [0.25, 0.3) is 0 Å². The van der Waals surface area contributed by atoms with Crippen molar-refractivity contribution in [1.29, 1.82) is 0 Å². The van der Waals surface area contributed by atoms with Crippen molar-refractivity contribution in [3.63, 3.8) is 0 Å². The van der Waals surface area contributed by atoms with Crippen LogP contribution in [0.3, 0.4) is 0 Å². The summed E-state index contributed by atoms with van der Waals surface area (Å²) in [6.45, 7) is 1.35. The second kappa shape index (κ2) is 3.69. The van der Waals surface area contributed by atoms with Gasteiger partial charge in [-0.2, -0.15) is 0 Å². The van der Waals surface area contributed by atoms with Gasteiger partial charge in [-0.25, -0.2) is 0 Å². The molecular formula is C10H13NO4. The van der Waals surface area contributed by atoms with E-state index >= 15 is 0 Å². The molecule has 0 saturated carbocycles.